The summed E-state index contributed by atoms with van der Waals surface area (Å²) in [5.74, 6) is 0. The Hall–Kier alpha value is -0.870. The molecule has 0 spiro atoms. The number of rotatable bonds is 6. The molecule has 0 fully saturated rings. The van der Waals surface area contributed by atoms with Crippen LogP contribution in [0.3, 0.4) is 0 Å². The van der Waals surface area contributed by atoms with E-state index >= 15 is 0 Å². The molecule has 0 N–H and O–H groups in total. The number of nitrogens with zero attached hydrogens (tertiary/aromatic N) is 2. The van der Waals surface area contributed by atoms with Crippen LogP contribution in [-0.2, 0) is 13.6 Å². The fraction of sp³-hybridized carbons (Fsp3) is 0.750. The van der Waals surface area contributed by atoms with Crippen molar-refractivity contribution >= 4 is 7.60 Å². The summed E-state index contributed by atoms with van der Waals surface area (Å²) >= 11 is 0. The molecule has 14 heavy (non-hydrogen) atoms. The monoisotopic (exact) mass is 216 g/mol. The molecule has 78 valence electrons. The molecule has 6 heteroatoms. The van der Waals surface area contributed by atoms with Crippen LogP contribution in [0, 0.1) is 22.7 Å². The highest BCUT2D eigenvalue weighted by Crippen LogP contribution is 2.53. The quantitative estimate of drug-likeness (QED) is 0.634. The topological polar surface area (TPSA) is 83.1 Å². The van der Waals surface area contributed by atoms with Crippen molar-refractivity contribution in [3.8, 4) is 12.1 Å². The third-order valence-corrected chi connectivity index (χ3v) is 3.73. The predicted molar refractivity (Wildman–Crippen MR) is 50.5 cm³/mol. The maximum Gasteiger partial charge on any atom is 0.348 e. The second kappa shape index (κ2) is 6.56. The van der Waals surface area contributed by atoms with Gasteiger partial charge < -0.3 is 9.05 Å². The number of hydrogen-bond donors (Lipinski definition) is 0. The van der Waals surface area contributed by atoms with Crippen molar-refractivity contribution in [3.05, 3.63) is 0 Å². The second-order valence-corrected chi connectivity index (χ2v) is 4.60. The van der Waals surface area contributed by atoms with Crippen molar-refractivity contribution in [3.63, 3.8) is 0 Å². The highest BCUT2D eigenvalue weighted by Gasteiger charge is 2.35. The van der Waals surface area contributed by atoms with Crippen LogP contribution in [0.25, 0.3) is 0 Å². The molecular weight excluding hydrogens is 203 g/mol. The van der Waals surface area contributed by atoms with Crippen molar-refractivity contribution in [1.82, 2.24) is 0 Å². The Kier molecular flexibility index (Phi) is 6.16. The molecule has 0 bridgehead atoms. The van der Waals surface area contributed by atoms with E-state index < -0.39 is 13.3 Å². The van der Waals surface area contributed by atoms with Gasteiger partial charge in [0.05, 0.1) is 31.8 Å². The van der Waals surface area contributed by atoms with Crippen LogP contribution < -0.4 is 0 Å². The van der Waals surface area contributed by atoms with Gasteiger partial charge in [-0.3, -0.25) is 4.57 Å². The first kappa shape index (κ1) is 13.1. The molecule has 0 heterocycles. The molecule has 0 amide bonds. The Labute approximate surface area is 83.8 Å². The SMILES string of the molecule is CCOP(=O)(OCC)C(C#N)CC#N. The highest BCUT2D eigenvalue weighted by atomic mass is 31.2. The van der Waals surface area contributed by atoms with Gasteiger partial charge in [0.15, 0.2) is 5.66 Å². The van der Waals surface area contributed by atoms with E-state index in [1.165, 1.54) is 0 Å². The Balaban J connectivity index is 4.70. The van der Waals surface area contributed by atoms with Gasteiger partial charge in [0.25, 0.3) is 0 Å². The second-order valence-electron chi connectivity index (χ2n) is 2.38. The smallest absolute Gasteiger partial charge is 0.308 e. The molecule has 1 unspecified atom stereocenters. The largest absolute Gasteiger partial charge is 0.348 e. The lowest BCUT2D eigenvalue weighted by Gasteiger charge is -2.19. The summed E-state index contributed by atoms with van der Waals surface area (Å²) in [5.41, 5.74) is -0.993. The maximum absolute atomic E-state index is 11.9. The van der Waals surface area contributed by atoms with Crippen molar-refractivity contribution in [1.29, 1.82) is 10.5 Å². The van der Waals surface area contributed by atoms with E-state index in [-0.39, 0.29) is 19.6 Å². The van der Waals surface area contributed by atoms with Crippen LogP contribution in [0.5, 0.6) is 0 Å². The Morgan fingerprint density at radius 3 is 2.07 bits per heavy atom. The molecule has 0 aliphatic carbocycles. The van der Waals surface area contributed by atoms with Gasteiger partial charge in [-0.05, 0) is 13.8 Å². The summed E-state index contributed by atoms with van der Waals surface area (Å²) in [6.07, 6.45) is -0.145. The third kappa shape index (κ3) is 3.47. The summed E-state index contributed by atoms with van der Waals surface area (Å²) in [6.45, 7) is 3.71. The molecule has 0 aliphatic heterocycles. The minimum absolute atomic E-state index is 0.145. The van der Waals surface area contributed by atoms with E-state index in [1.54, 1.807) is 26.0 Å². The first-order valence-corrected chi connectivity index (χ1v) is 5.91. The van der Waals surface area contributed by atoms with Gasteiger partial charge in [-0.25, -0.2) is 0 Å². The molecule has 0 aromatic carbocycles. The molecule has 0 rings (SSSR count). The first-order valence-electron chi connectivity index (χ1n) is 4.30. The fourth-order valence-corrected chi connectivity index (χ4v) is 2.49. The minimum Gasteiger partial charge on any atom is -0.308 e. The summed E-state index contributed by atoms with van der Waals surface area (Å²) in [4.78, 5) is 0. The van der Waals surface area contributed by atoms with Crippen molar-refractivity contribution in [2.45, 2.75) is 25.9 Å². The standard InChI is InChI=1S/C8H13N2O3P/c1-3-12-14(11,13-4-2)8(7-10)5-6-9/h8H,3-5H2,1-2H3. The molecule has 5 nitrogen and oxygen atoms in total. The van der Waals surface area contributed by atoms with Gasteiger partial charge >= 0.3 is 7.60 Å². The summed E-state index contributed by atoms with van der Waals surface area (Å²) < 4.78 is 21.8. The zero-order valence-corrected chi connectivity index (χ0v) is 9.16. The molecule has 0 saturated carbocycles. The maximum atomic E-state index is 11.9. The molecule has 0 radical (unpaired) electrons. The first-order chi connectivity index (χ1) is 6.64. The molecule has 0 aromatic heterocycles. The fourth-order valence-electron chi connectivity index (χ4n) is 0.892. The van der Waals surface area contributed by atoms with Crippen LogP contribution in [0.15, 0.2) is 0 Å². The third-order valence-electron chi connectivity index (χ3n) is 1.43. The van der Waals surface area contributed by atoms with Crippen LogP contribution in [0.4, 0.5) is 0 Å². The lowest BCUT2D eigenvalue weighted by atomic mass is 10.3. The van der Waals surface area contributed by atoms with Crippen LogP contribution >= 0.6 is 7.60 Å². The van der Waals surface area contributed by atoms with Crippen molar-refractivity contribution < 1.29 is 13.6 Å². The minimum atomic E-state index is -3.43. The van der Waals surface area contributed by atoms with Crippen LogP contribution in [0.1, 0.15) is 20.3 Å². The van der Waals surface area contributed by atoms with E-state index in [0.717, 1.165) is 0 Å². The van der Waals surface area contributed by atoms with E-state index in [2.05, 4.69) is 0 Å². The average molecular weight is 216 g/mol. The Morgan fingerprint density at radius 2 is 1.79 bits per heavy atom. The Morgan fingerprint density at radius 1 is 1.29 bits per heavy atom. The molecule has 1 atom stereocenters. The summed E-state index contributed by atoms with van der Waals surface area (Å²) in [7, 11) is -3.43. The molecule has 0 aromatic rings. The van der Waals surface area contributed by atoms with Gasteiger partial charge in [0.2, 0.25) is 0 Å². The molecule has 0 saturated heterocycles. The Bertz CT molecular complexity index is 282. The average Bonchev–Trinajstić information content (AvgIpc) is 2.14. The highest BCUT2D eigenvalue weighted by molar-refractivity contribution is 7.55. The van der Waals surface area contributed by atoms with Gasteiger partial charge in [-0.15, -0.1) is 0 Å². The van der Waals surface area contributed by atoms with E-state index in [9.17, 15) is 4.57 Å². The van der Waals surface area contributed by atoms with E-state index in [0.29, 0.717) is 0 Å². The van der Waals surface area contributed by atoms with Gasteiger partial charge in [-0.2, -0.15) is 10.5 Å². The van der Waals surface area contributed by atoms with Gasteiger partial charge in [-0.1, -0.05) is 0 Å². The zero-order chi connectivity index (χ0) is 11.0. The zero-order valence-electron chi connectivity index (χ0n) is 8.27. The van der Waals surface area contributed by atoms with Crippen molar-refractivity contribution in [2.24, 2.45) is 0 Å². The summed E-state index contributed by atoms with van der Waals surface area (Å²) in [6, 6.07) is 3.56. The van der Waals surface area contributed by atoms with E-state index in [4.69, 9.17) is 19.6 Å². The normalized spacial score (nSPS) is 12.9. The van der Waals surface area contributed by atoms with Crippen LogP contribution in [-0.4, -0.2) is 18.9 Å². The van der Waals surface area contributed by atoms with Gasteiger partial charge in [0, 0.05) is 0 Å². The molecule has 0 aliphatic rings. The lowest BCUT2D eigenvalue weighted by molar-refractivity contribution is 0.216. The van der Waals surface area contributed by atoms with E-state index in [1.807, 2.05) is 0 Å². The van der Waals surface area contributed by atoms with Crippen molar-refractivity contribution in [2.75, 3.05) is 13.2 Å². The molecular formula is C8H13N2O3P. The van der Waals surface area contributed by atoms with Crippen LogP contribution in [0.2, 0.25) is 0 Å². The number of nitriles is 2. The predicted octanol–water partition coefficient (Wildman–Crippen LogP) is 2.06. The lowest BCUT2D eigenvalue weighted by Crippen LogP contribution is -2.10. The summed E-state index contributed by atoms with van der Waals surface area (Å²) in [5, 5.41) is 17.1. The number of hydrogen-bond acceptors (Lipinski definition) is 5. The van der Waals surface area contributed by atoms with Gasteiger partial charge in [0.1, 0.15) is 0 Å².